The minimum Gasteiger partial charge on any atom is -0.352 e. The fourth-order valence-corrected chi connectivity index (χ4v) is 1.88. The lowest BCUT2D eigenvalue weighted by atomic mass is 10.2. The molecule has 1 aromatic heterocycles. The van der Waals surface area contributed by atoms with E-state index in [0.29, 0.717) is 23.3 Å². The SMILES string of the molecule is O=C(NCCc1ncon1)c1ccc(Br)c([N+](=O)[O-])c1. The zero-order chi connectivity index (χ0) is 14.5. The summed E-state index contributed by atoms with van der Waals surface area (Å²) in [5, 5.41) is 17.0. The van der Waals surface area contributed by atoms with Gasteiger partial charge in [0.05, 0.1) is 9.40 Å². The molecule has 0 spiro atoms. The molecule has 0 aliphatic heterocycles. The van der Waals surface area contributed by atoms with Crippen molar-refractivity contribution < 1.29 is 14.2 Å². The zero-order valence-electron chi connectivity index (χ0n) is 10.1. The number of nitrogens with zero attached hydrogens (tertiary/aromatic N) is 3. The number of nitrogens with one attached hydrogen (secondary N) is 1. The van der Waals surface area contributed by atoms with Crippen molar-refractivity contribution in [3.63, 3.8) is 0 Å². The molecule has 0 aliphatic carbocycles. The average molecular weight is 341 g/mol. The Morgan fingerprint density at radius 1 is 1.50 bits per heavy atom. The number of nitro benzene ring substituents is 1. The molecular formula is C11H9BrN4O4. The van der Waals surface area contributed by atoms with Gasteiger partial charge >= 0.3 is 0 Å². The number of benzene rings is 1. The van der Waals surface area contributed by atoms with E-state index in [1.165, 1.54) is 24.6 Å². The highest BCUT2D eigenvalue weighted by molar-refractivity contribution is 9.10. The van der Waals surface area contributed by atoms with Gasteiger partial charge < -0.3 is 9.84 Å². The van der Waals surface area contributed by atoms with Gasteiger partial charge in [0, 0.05) is 24.6 Å². The first-order chi connectivity index (χ1) is 9.58. The van der Waals surface area contributed by atoms with Crippen molar-refractivity contribution in [2.24, 2.45) is 0 Å². The second-order valence-electron chi connectivity index (χ2n) is 3.78. The Kier molecular flexibility index (Phi) is 4.41. The van der Waals surface area contributed by atoms with E-state index in [1.54, 1.807) is 0 Å². The number of carbonyl (C=O) groups is 1. The molecule has 1 amide bonds. The van der Waals surface area contributed by atoms with Crippen LogP contribution < -0.4 is 5.32 Å². The van der Waals surface area contributed by atoms with Gasteiger partial charge in [-0.3, -0.25) is 14.9 Å². The molecule has 0 bridgehead atoms. The lowest BCUT2D eigenvalue weighted by Crippen LogP contribution is -2.26. The summed E-state index contributed by atoms with van der Waals surface area (Å²) in [5.74, 6) is 0.0798. The van der Waals surface area contributed by atoms with E-state index >= 15 is 0 Å². The standard InChI is InChI=1S/C11H9BrN4O4/c12-8-2-1-7(5-9(8)16(18)19)11(17)13-4-3-10-14-6-20-15-10/h1-2,5-6H,3-4H2,(H,13,17). The highest BCUT2D eigenvalue weighted by atomic mass is 79.9. The Labute approximate surface area is 121 Å². The predicted octanol–water partition coefficient (Wildman–Crippen LogP) is 1.71. The van der Waals surface area contributed by atoms with Gasteiger partial charge in [0.1, 0.15) is 0 Å². The topological polar surface area (TPSA) is 111 Å². The molecule has 0 radical (unpaired) electrons. The number of rotatable bonds is 5. The van der Waals surface area contributed by atoms with Crippen LogP contribution in [0.5, 0.6) is 0 Å². The van der Waals surface area contributed by atoms with Crippen LogP contribution in [0.3, 0.4) is 0 Å². The van der Waals surface area contributed by atoms with Crippen molar-refractivity contribution in [1.29, 1.82) is 0 Å². The Morgan fingerprint density at radius 2 is 2.30 bits per heavy atom. The molecule has 2 rings (SSSR count). The van der Waals surface area contributed by atoms with Crippen LogP contribution in [0.4, 0.5) is 5.69 Å². The van der Waals surface area contributed by atoms with Crippen LogP contribution in [-0.2, 0) is 6.42 Å². The first-order valence-corrected chi connectivity index (χ1v) is 6.34. The van der Waals surface area contributed by atoms with Crippen LogP contribution in [0, 0.1) is 10.1 Å². The molecule has 8 nitrogen and oxygen atoms in total. The van der Waals surface area contributed by atoms with Crippen LogP contribution in [0.25, 0.3) is 0 Å². The number of aromatic nitrogens is 2. The largest absolute Gasteiger partial charge is 0.352 e. The number of hydrogen-bond acceptors (Lipinski definition) is 6. The van der Waals surface area contributed by atoms with E-state index in [2.05, 4.69) is 35.9 Å². The summed E-state index contributed by atoms with van der Waals surface area (Å²) in [6.45, 7) is 0.308. The Balaban J connectivity index is 1.98. The van der Waals surface area contributed by atoms with Crippen molar-refractivity contribution in [3.05, 3.63) is 50.6 Å². The lowest BCUT2D eigenvalue weighted by Gasteiger charge is -2.04. The van der Waals surface area contributed by atoms with Crippen LogP contribution in [0.15, 0.2) is 33.6 Å². The van der Waals surface area contributed by atoms with Gasteiger partial charge in [-0.25, -0.2) is 0 Å². The summed E-state index contributed by atoms with van der Waals surface area (Å²) in [7, 11) is 0. The van der Waals surface area contributed by atoms with Crippen molar-refractivity contribution in [2.75, 3.05) is 6.54 Å². The molecule has 0 unspecified atom stereocenters. The minimum absolute atomic E-state index is 0.157. The fraction of sp³-hybridized carbons (Fsp3) is 0.182. The summed E-state index contributed by atoms with van der Waals surface area (Å²) >= 11 is 3.06. The van der Waals surface area contributed by atoms with Gasteiger partial charge in [-0.1, -0.05) is 5.16 Å². The van der Waals surface area contributed by atoms with Crippen molar-refractivity contribution in [2.45, 2.75) is 6.42 Å². The molecule has 0 aliphatic rings. The van der Waals surface area contributed by atoms with Crippen molar-refractivity contribution in [1.82, 2.24) is 15.5 Å². The number of halogens is 1. The molecule has 1 heterocycles. The Hall–Kier alpha value is -2.29. The third-order valence-corrected chi connectivity index (χ3v) is 3.12. The molecule has 0 fully saturated rings. The molecule has 104 valence electrons. The smallest absolute Gasteiger partial charge is 0.284 e. The quantitative estimate of drug-likeness (QED) is 0.655. The van der Waals surface area contributed by atoms with Gasteiger partial charge in [0.2, 0.25) is 6.39 Å². The molecular weight excluding hydrogens is 332 g/mol. The molecule has 0 atom stereocenters. The second-order valence-corrected chi connectivity index (χ2v) is 4.63. The third-order valence-electron chi connectivity index (χ3n) is 2.45. The zero-order valence-corrected chi connectivity index (χ0v) is 11.7. The molecule has 1 N–H and O–H groups in total. The van der Waals surface area contributed by atoms with E-state index in [1.807, 2.05) is 0 Å². The summed E-state index contributed by atoms with van der Waals surface area (Å²) in [5.41, 5.74) is 0.0591. The fourth-order valence-electron chi connectivity index (χ4n) is 1.49. The summed E-state index contributed by atoms with van der Waals surface area (Å²) in [6, 6.07) is 4.18. The van der Waals surface area contributed by atoms with Crippen LogP contribution in [-0.4, -0.2) is 27.5 Å². The first kappa shape index (κ1) is 14.1. The maximum absolute atomic E-state index is 11.8. The highest BCUT2D eigenvalue weighted by Crippen LogP contribution is 2.25. The van der Waals surface area contributed by atoms with Crippen LogP contribution in [0.1, 0.15) is 16.2 Å². The van der Waals surface area contributed by atoms with E-state index < -0.39 is 10.8 Å². The maximum atomic E-state index is 11.8. The highest BCUT2D eigenvalue weighted by Gasteiger charge is 2.15. The van der Waals surface area contributed by atoms with Gasteiger partial charge in [-0.15, -0.1) is 0 Å². The predicted molar refractivity (Wildman–Crippen MR) is 71.1 cm³/mol. The minimum atomic E-state index is -0.555. The van der Waals surface area contributed by atoms with Crippen LogP contribution >= 0.6 is 15.9 Å². The molecule has 0 saturated carbocycles. The number of carbonyl (C=O) groups excluding carboxylic acids is 1. The van der Waals surface area contributed by atoms with Crippen LogP contribution in [0.2, 0.25) is 0 Å². The van der Waals surface area contributed by atoms with Crippen molar-refractivity contribution in [3.8, 4) is 0 Å². The molecule has 2 aromatic rings. The lowest BCUT2D eigenvalue weighted by molar-refractivity contribution is -0.385. The molecule has 1 aromatic carbocycles. The average Bonchev–Trinajstić information content (AvgIpc) is 2.92. The third kappa shape index (κ3) is 3.38. The maximum Gasteiger partial charge on any atom is 0.284 e. The number of amides is 1. The molecule has 20 heavy (non-hydrogen) atoms. The van der Waals surface area contributed by atoms with E-state index in [4.69, 9.17) is 0 Å². The van der Waals surface area contributed by atoms with Crippen molar-refractivity contribution >= 4 is 27.5 Å². The van der Waals surface area contributed by atoms with Gasteiger partial charge in [-0.05, 0) is 28.1 Å². The summed E-state index contributed by atoms with van der Waals surface area (Å²) < 4.78 is 4.88. The Morgan fingerprint density at radius 3 is 2.95 bits per heavy atom. The Bertz CT molecular complexity index is 629. The first-order valence-electron chi connectivity index (χ1n) is 5.55. The second kappa shape index (κ2) is 6.24. The van der Waals surface area contributed by atoms with Gasteiger partial charge in [0.25, 0.3) is 11.6 Å². The van der Waals surface area contributed by atoms with Gasteiger partial charge in [0.15, 0.2) is 5.82 Å². The number of hydrogen-bond donors (Lipinski definition) is 1. The monoisotopic (exact) mass is 340 g/mol. The summed E-state index contributed by atoms with van der Waals surface area (Å²) in [4.78, 5) is 25.9. The number of nitro groups is 1. The van der Waals surface area contributed by atoms with E-state index in [9.17, 15) is 14.9 Å². The van der Waals surface area contributed by atoms with E-state index in [-0.39, 0.29) is 11.3 Å². The molecule has 0 saturated heterocycles. The normalized spacial score (nSPS) is 10.2. The van der Waals surface area contributed by atoms with Gasteiger partial charge in [-0.2, -0.15) is 4.98 Å². The molecule has 9 heteroatoms. The van der Waals surface area contributed by atoms with E-state index in [0.717, 1.165) is 0 Å². The summed E-state index contributed by atoms with van der Waals surface area (Å²) in [6.07, 6.45) is 1.62.